The molecule has 2 rings (SSSR count). The van der Waals surface area contributed by atoms with Crippen LogP contribution < -0.4 is 0 Å². The second kappa shape index (κ2) is 4.22. The molecule has 0 bridgehead atoms. The first-order chi connectivity index (χ1) is 7.63. The first kappa shape index (κ1) is 11.1. The molecule has 0 spiro atoms. The van der Waals surface area contributed by atoms with Crippen LogP contribution in [0.5, 0.6) is 0 Å². The standard InChI is InChI=1S/C12H11BrN2O/c1-8-9(2)15(7-14-8)11-4-3-10(6-16)12(13)5-11/h3-7H,1-2H3. The van der Waals surface area contributed by atoms with Crippen LogP contribution in [0.4, 0.5) is 0 Å². The lowest BCUT2D eigenvalue weighted by atomic mass is 10.2. The van der Waals surface area contributed by atoms with Crippen LogP contribution in [0, 0.1) is 13.8 Å². The van der Waals surface area contributed by atoms with Crippen LogP contribution in [0.1, 0.15) is 21.7 Å². The van der Waals surface area contributed by atoms with Gasteiger partial charge in [-0.15, -0.1) is 0 Å². The molecule has 0 radical (unpaired) electrons. The third-order valence-electron chi connectivity index (χ3n) is 2.64. The van der Waals surface area contributed by atoms with Crippen molar-refractivity contribution >= 4 is 22.2 Å². The predicted octanol–water partition coefficient (Wildman–Crippen LogP) is 3.06. The van der Waals surface area contributed by atoms with Crippen LogP contribution in [0.25, 0.3) is 5.69 Å². The van der Waals surface area contributed by atoms with Crippen LogP contribution in [-0.4, -0.2) is 15.8 Å². The molecule has 4 heteroatoms. The summed E-state index contributed by atoms with van der Waals surface area (Å²) in [6.07, 6.45) is 2.62. The average molecular weight is 279 g/mol. The van der Waals surface area contributed by atoms with E-state index in [9.17, 15) is 4.79 Å². The number of rotatable bonds is 2. The maximum absolute atomic E-state index is 10.7. The van der Waals surface area contributed by atoms with Crippen molar-refractivity contribution in [3.63, 3.8) is 0 Å². The van der Waals surface area contributed by atoms with Gasteiger partial charge in [0.15, 0.2) is 6.29 Å². The molecule has 0 unspecified atom stereocenters. The first-order valence-corrected chi connectivity index (χ1v) is 5.68. The number of carbonyl (C=O) groups excluding carboxylic acids is 1. The van der Waals surface area contributed by atoms with Crippen LogP contribution in [0.3, 0.4) is 0 Å². The molecule has 3 nitrogen and oxygen atoms in total. The number of imidazole rings is 1. The normalized spacial score (nSPS) is 10.4. The Labute approximate surface area is 102 Å². The van der Waals surface area contributed by atoms with E-state index in [2.05, 4.69) is 20.9 Å². The maximum atomic E-state index is 10.7. The summed E-state index contributed by atoms with van der Waals surface area (Å²) in [5.74, 6) is 0. The average Bonchev–Trinajstić information content (AvgIpc) is 2.60. The summed E-state index contributed by atoms with van der Waals surface area (Å²) in [7, 11) is 0. The van der Waals surface area contributed by atoms with Gasteiger partial charge in [-0.25, -0.2) is 4.98 Å². The fraction of sp³-hybridized carbons (Fsp3) is 0.167. The summed E-state index contributed by atoms with van der Waals surface area (Å²) in [4.78, 5) is 14.9. The molecule has 0 aliphatic carbocycles. The van der Waals surface area contributed by atoms with E-state index in [1.54, 1.807) is 12.4 Å². The van der Waals surface area contributed by atoms with Gasteiger partial charge in [0.05, 0.1) is 12.0 Å². The number of nitrogens with zero attached hydrogens (tertiary/aromatic N) is 2. The number of aldehydes is 1. The first-order valence-electron chi connectivity index (χ1n) is 4.89. The fourth-order valence-corrected chi connectivity index (χ4v) is 1.98. The molecule has 1 heterocycles. The highest BCUT2D eigenvalue weighted by Gasteiger charge is 2.06. The van der Waals surface area contributed by atoms with Crippen LogP contribution in [0.2, 0.25) is 0 Å². The van der Waals surface area contributed by atoms with Crippen molar-refractivity contribution in [3.8, 4) is 5.69 Å². The molecule has 0 aliphatic rings. The molecule has 0 saturated heterocycles. The number of halogens is 1. The van der Waals surface area contributed by atoms with E-state index in [4.69, 9.17) is 0 Å². The molecule has 0 amide bonds. The number of hydrogen-bond acceptors (Lipinski definition) is 2. The van der Waals surface area contributed by atoms with Gasteiger partial charge in [0.1, 0.15) is 0 Å². The largest absolute Gasteiger partial charge is 0.303 e. The van der Waals surface area contributed by atoms with Gasteiger partial charge in [0, 0.05) is 21.4 Å². The lowest BCUT2D eigenvalue weighted by Crippen LogP contribution is -1.96. The van der Waals surface area contributed by atoms with Gasteiger partial charge < -0.3 is 4.57 Å². The van der Waals surface area contributed by atoms with Gasteiger partial charge in [0.25, 0.3) is 0 Å². The van der Waals surface area contributed by atoms with Crippen molar-refractivity contribution in [3.05, 3.63) is 46.0 Å². The molecule has 0 saturated carbocycles. The van der Waals surface area contributed by atoms with E-state index in [-0.39, 0.29) is 0 Å². The minimum Gasteiger partial charge on any atom is -0.303 e. The van der Waals surface area contributed by atoms with Crippen LogP contribution in [0.15, 0.2) is 29.0 Å². The van der Waals surface area contributed by atoms with E-state index in [0.717, 1.165) is 27.8 Å². The van der Waals surface area contributed by atoms with Crippen molar-refractivity contribution in [1.29, 1.82) is 0 Å². The van der Waals surface area contributed by atoms with Crippen molar-refractivity contribution in [2.75, 3.05) is 0 Å². The van der Waals surface area contributed by atoms with E-state index < -0.39 is 0 Å². The minimum absolute atomic E-state index is 0.651. The van der Waals surface area contributed by atoms with Gasteiger partial charge in [0.2, 0.25) is 0 Å². The highest BCUT2D eigenvalue weighted by Crippen LogP contribution is 2.21. The van der Waals surface area contributed by atoms with Gasteiger partial charge in [-0.3, -0.25) is 4.79 Å². The molecular formula is C12H11BrN2O. The van der Waals surface area contributed by atoms with Crippen molar-refractivity contribution in [2.45, 2.75) is 13.8 Å². The highest BCUT2D eigenvalue weighted by atomic mass is 79.9. The minimum atomic E-state index is 0.651. The van der Waals surface area contributed by atoms with Crippen LogP contribution in [-0.2, 0) is 0 Å². The zero-order chi connectivity index (χ0) is 11.7. The predicted molar refractivity (Wildman–Crippen MR) is 66.1 cm³/mol. The number of carbonyl (C=O) groups is 1. The summed E-state index contributed by atoms with van der Waals surface area (Å²) in [6.45, 7) is 3.99. The monoisotopic (exact) mass is 278 g/mol. The zero-order valence-electron chi connectivity index (χ0n) is 9.07. The van der Waals surface area contributed by atoms with Crippen molar-refractivity contribution < 1.29 is 4.79 Å². The molecule has 0 N–H and O–H groups in total. The Balaban J connectivity index is 2.53. The van der Waals surface area contributed by atoms with E-state index in [1.165, 1.54) is 0 Å². The van der Waals surface area contributed by atoms with Gasteiger partial charge in [-0.1, -0.05) is 0 Å². The third-order valence-corrected chi connectivity index (χ3v) is 3.33. The zero-order valence-corrected chi connectivity index (χ0v) is 10.7. The highest BCUT2D eigenvalue weighted by molar-refractivity contribution is 9.10. The fourth-order valence-electron chi connectivity index (χ4n) is 1.52. The lowest BCUT2D eigenvalue weighted by molar-refractivity contribution is 0.112. The molecule has 1 aromatic carbocycles. The van der Waals surface area contributed by atoms with Crippen molar-refractivity contribution in [1.82, 2.24) is 9.55 Å². The molecule has 82 valence electrons. The topological polar surface area (TPSA) is 34.9 Å². The number of aromatic nitrogens is 2. The summed E-state index contributed by atoms with van der Waals surface area (Å²) in [5.41, 5.74) is 3.76. The lowest BCUT2D eigenvalue weighted by Gasteiger charge is -2.06. The second-order valence-electron chi connectivity index (χ2n) is 3.61. The molecule has 16 heavy (non-hydrogen) atoms. The Morgan fingerprint density at radius 3 is 2.62 bits per heavy atom. The Hall–Kier alpha value is -1.42. The second-order valence-corrected chi connectivity index (χ2v) is 4.46. The molecule has 0 aliphatic heterocycles. The summed E-state index contributed by atoms with van der Waals surface area (Å²) in [6, 6.07) is 5.61. The Morgan fingerprint density at radius 1 is 1.38 bits per heavy atom. The van der Waals surface area contributed by atoms with E-state index >= 15 is 0 Å². The quantitative estimate of drug-likeness (QED) is 0.792. The van der Waals surface area contributed by atoms with Gasteiger partial charge in [-0.05, 0) is 48.0 Å². The number of aryl methyl sites for hydroxylation is 1. The van der Waals surface area contributed by atoms with Crippen LogP contribution >= 0.6 is 15.9 Å². The van der Waals surface area contributed by atoms with E-state index in [0.29, 0.717) is 5.56 Å². The summed E-state index contributed by atoms with van der Waals surface area (Å²) in [5, 5.41) is 0. The molecule has 2 aromatic rings. The van der Waals surface area contributed by atoms with Gasteiger partial charge >= 0.3 is 0 Å². The molecule has 0 atom stereocenters. The van der Waals surface area contributed by atoms with E-state index in [1.807, 2.05) is 30.5 Å². The molecular weight excluding hydrogens is 268 g/mol. The number of benzene rings is 1. The summed E-state index contributed by atoms with van der Waals surface area (Å²) >= 11 is 3.37. The third kappa shape index (κ3) is 1.80. The molecule has 0 fully saturated rings. The Morgan fingerprint density at radius 2 is 2.12 bits per heavy atom. The van der Waals surface area contributed by atoms with Gasteiger partial charge in [-0.2, -0.15) is 0 Å². The summed E-state index contributed by atoms with van der Waals surface area (Å²) < 4.78 is 2.79. The number of hydrogen-bond donors (Lipinski definition) is 0. The smallest absolute Gasteiger partial charge is 0.151 e. The Kier molecular flexibility index (Phi) is 2.92. The van der Waals surface area contributed by atoms with Crippen molar-refractivity contribution in [2.24, 2.45) is 0 Å². The SMILES string of the molecule is Cc1ncn(-c2ccc(C=O)c(Br)c2)c1C. The maximum Gasteiger partial charge on any atom is 0.151 e. The Bertz CT molecular complexity index is 546. The molecule has 1 aromatic heterocycles.